The number of fused-ring (bicyclic) bond motifs is 1. The number of rotatable bonds is 0. The van der Waals surface area contributed by atoms with Crippen LogP contribution in [0.15, 0.2) is 12.1 Å². The van der Waals surface area contributed by atoms with Gasteiger partial charge in [0, 0.05) is 17.6 Å². The van der Waals surface area contributed by atoms with Crippen LogP contribution in [0.4, 0.5) is 5.69 Å². The van der Waals surface area contributed by atoms with E-state index in [1.165, 1.54) is 0 Å². The lowest BCUT2D eigenvalue weighted by Gasteiger charge is -2.09. The lowest BCUT2D eigenvalue weighted by molar-refractivity contribution is 0.323. The second kappa shape index (κ2) is 3.46. The summed E-state index contributed by atoms with van der Waals surface area (Å²) in [5.41, 5.74) is 2.14. The van der Waals surface area contributed by atoms with Gasteiger partial charge in [0.1, 0.15) is 5.75 Å². The van der Waals surface area contributed by atoms with Gasteiger partial charge in [0.2, 0.25) is 0 Å². The minimum atomic E-state index is 0.763. The Hall–Kier alpha value is -0.890. The van der Waals surface area contributed by atoms with Crippen molar-refractivity contribution >= 4 is 17.3 Å². The Morgan fingerprint density at radius 2 is 2.31 bits per heavy atom. The number of hydrogen-bond acceptors (Lipinski definition) is 2. The molecule has 0 amide bonds. The SMILES string of the molecule is Cc1cc2c(cc1Cl)OCCCN2. The molecule has 1 aromatic carbocycles. The molecule has 0 aliphatic carbocycles. The van der Waals surface area contributed by atoms with E-state index in [4.69, 9.17) is 16.3 Å². The topological polar surface area (TPSA) is 21.3 Å². The van der Waals surface area contributed by atoms with Gasteiger partial charge in [-0.1, -0.05) is 11.6 Å². The van der Waals surface area contributed by atoms with Gasteiger partial charge < -0.3 is 10.1 Å². The molecule has 0 unspecified atom stereocenters. The van der Waals surface area contributed by atoms with Crippen molar-refractivity contribution in [3.05, 3.63) is 22.7 Å². The second-order valence-electron chi connectivity index (χ2n) is 3.23. The summed E-state index contributed by atoms with van der Waals surface area (Å²) < 4.78 is 5.54. The van der Waals surface area contributed by atoms with Crippen molar-refractivity contribution in [2.45, 2.75) is 13.3 Å². The molecule has 1 aromatic rings. The van der Waals surface area contributed by atoms with E-state index >= 15 is 0 Å². The Labute approximate surface area is 82.9 Å². The van der Waals surface area contributed by atoms with Crippen LogP contribution in [0.5, 0.6) is 5.75 Å². The van der Waals surface area contributed by atoms with Gasteiger partial charge in [-0.25, -0.2) is 0 Å². The van der Waals surface area contributed by atoms with Crippen LogP contribution < -0.4 is 10.1 Å². The molecule has 1 aliphatic rings. The summed E-state index contributed by atoms with van der Waals surface area (Å²) in [4.78, 5) is 0. The van der Waals surface area contributed by atoms with Crippen molar-refractivity contribution in [1.82, 2.24) is 0 Å². The molecule has 1 heterocycles. The van der Waals surface area contributed by atoms with E-state index in [9.17, 15) is 0 Å². The van der Waals surface area contributed by atoms with Gasteiger partial charge in [0.05, 0.1) is 12.3 Å². The van der Waals surface area contributed by atoms with Crippen LogP contribution in [0.3, 0.4) is 0 Å². The normalized spacial score (nSPS) is 15.2. The van der Waals surface area contributed by atoms with E-state index in [-0.39, 0.29) is 0 Å². The smallest absolute Gasteiger partial charge is 0.143 e. The summed E-state index contributed by atoms with van der Waals surface area (Å²) in [5.74, 6) is 0.869. The number of aryl methyl sites for hydroxylation is 1. The molecule has 13 heavy (non-hydrogen) atoms. The van der Waals surface area contributed by atoms with E-state index in [0.717, 1.165) is 41.6 Å². The largest absolute Gasteiger partial charge is 0.491 e. The van der Waals surface area contributed by atoms with Crippen molar-refractivity contribution in [2.75, 3.05) is 18.5 Å². The molecule has 3 heteroatoms. The van der Waals surface area contributed by atoms with Crippen LogP contribution in [0.2, 0.25) is 5.02 Å². The molecule has 0 saturated carbocycles. The van der Waals surface area contributed by atoms with E-state index in [0.29, 0.717) is 0 Å². The number of ether oxygens (including phenoxy) is 1. The maximum absolute atomic E-state index is 5.99. The third-order valence-corrected chi connectivity index (χ3v) is 2.56. The molecule has 0 atom stereocenters. The van der Waals surface area contributed by atoms with Gasteiger partial charge in [0.25, 0.3) is 0 Å². The fraction of sp³-hybridized carbons (Fsp3) is 0.400. The maximum atomic E-state index is 5.99. The van der Waals surface area contributed by atoms with Crippen molar-refractivity contribution < 1.29 is 4.74 Å². The first kappa shape index (κ1) is 8.70. The molecule has 1 aliphatic heterocycles. The monoisotopic (exact) mass is 197 g/mol. The van der Waals surface area contributed by atoms with Gasteiger partial charge in [-0.15, -0.1) is 0 Å². The van der Waals surface area contributed by atoms with Crippen LogP contribution >= 0.6 is 11.6 Å². The Kier molecular flexibility index (Phi) is 2.32. The van der Waals surface area contributed by atoms with Gasteiger partial charge in [0.15, 0.2) is 0 Å². The fourth-order valence-electron chi connectivity index (χ4n) is 1.40. The minimum absolute atomic E-state index is 0.763. The Morgan fingerprint density at radius 1 is 1.46 bits per heavy atom. The number of halogens is 1. The van der Waals surface area contributed by atoms with E-state index in [2.05, 4.69) is 5.32 Å². The van der Waals surface area contributed by atoms with Gasteiger partial charge in [-0.2, -0.15) is 0 Å². The Balaban J connectivity index is 2.43. The molecule has 2 nitrogen and oxygen atoms in total. The molecule has 0 saturated heterocycles. The van der Waals surface area contributed by atoms with Crippen LogP contribution in [-0.4, -0.2) is 13.2 Å². The van der Waals surface area contributed by atoms with E-state index < -0.39 is 0 Å². The van der Waals surface area contributed by atoms with Crippen LogP contribution in [0, 0.1) is 6.92 Å². The molecule has 0 aromatic heterocycles. The Morgan fingerprint density at radius 3 is 3.15 bits per heavy atom. The van der Waals surface area contributed by atoms with E-state index in [1.54, 1.807) is 0 Å². The summed E-state index contributed by atoms with van der Waals surface area (Å²) in [6, 6.07) is 3.91. The zero-order chi connectivity index (χ0) is 9.26. The zero-order valence-corrected chi connectivity index (χ0v) is 8.32. The number of benzene rings is 1. The molecule has 70 valence electrons. The maximum Gasteiger partial charge on any atom is 0.143 e. The third kappa shape index (κ3) is 1.73. The highest BCUT2D eigenvalue weighted by Crippen LogP contribution is 2.32. The Bertz CT molecular complexity index is 294. The van der Waals surface area contributed by atoms with Gasteiger partial charge in [-0.05, 0) is 25.0 Å². The lowest BCUT2D eigenvalue weighted by Crippen LogP contribution is -2.00. The van der Waals surface area contributed by atoms with Crippen LogP contribution in [0.25, 0.3) is 0 Å². The molecule has 0 radical (unpaired) electrons. The highest BCUT2D eigenvalue weighted by molar-refractivity contribution is 6.31. The zero-order valence-electron chi connectivity index (χ0n) is 7.56. The summed E-state index contributed by atoms with van der Waals surface area (Å²) in [6.45, 7) is 3.72. The van der Waals surface area contributed by atoms with Crippen LogP contribution in [0.1, 0.15) is 12.0 Å². The third-order valence-electron chi connectivity index (χ3n) is 2.15. The van der Waals surface area contributed by atoms with E-state index in [1.807, 2.05) is 19.1 Å². The quantitative estimate of drug-likeness (QED) is 0.691. The van der Waals surface area contributed by atoms with Crippen molar-refractivity contribution in [2.24, 2.45) is 0 Å². The molecular weight excluding hydrogens is 186 g/mol. The number of anilines is 1. The summed E-state index contributed by atoms with van der Waals surface area (Å²) in [6.07, 6.45) is 1.03. The average molecular weight is 198 g/mol. The molecule has 0 bridgehead atoms. The predicted molar refractivity (Wildman–Crippen MR) is 54.8 cm³/mol. The molecule has 0 spiro atoms. The first-order chi connectivity index (χ1) is 6.27. The second-order valence-corrected chi connectivity index (χ2v) is 3.63. The van der Waals surface area contributed by atoms with Gasteiger partial charge >= 0.3 is 0 Å². The average Bonchev–Trinajstić information content (AvgIpc) is 2.31. The molecule has 1 N–H and O–H groups in total. The molecule has 2 rings (SSSR count). The van der Waals surface area contributed by atoms with Gasteiger partial charge in [-0.3, -0.25) is 0 Å². The first-order valence-corrected chi connectivity index (χ1v) is 4.82. The minimum Gasteiger partial charge on any atom is -0.491 e. The summed E-state index contributed by atoms with van der Waals surface area (Å²) in [5, 5.41) is 4.08. The fourth-order valence-corrected chi connectivity index (χ4v) is 1.55. The molecule has 0 fully saturated rings. The number of hydrogen-bond donors (Lipinski definition) is 1. The highest BCUT2D eigenvalue weighted by atomic mass is 35.5. The van der Waals surface area contributed by atoms with Crippen molar-refractivity contribution in [1.29, 1.82) is 0 Å². The summed E-state index contributed by atoms with van der Waals surface area (Å²) >= 11 is 5.99. The van der Waals surface area contributed by atoms with Crippen molar-refractivity contribution in [3.8, 4) is 5.75 Å². The number of nitrogens with one attached hydrogen (secondary N) is 1. The predicted octanol–water partition coefficient (Wildman–Crippen LogP) is 2.84. The lowest BCUT2D eigenvalue weighted by atomic mass is 10.2. The standard InChI is InChI=1S/C10H12ClNO/c1-7-5-9-10(6-8(7)11)13-4-2-3-12-9/h5-6,12H,2-4H2,1H3. The molecular formula is C10H12ClNO. The highest BCUT2D eigenvalue weighted by Gasteiger charge is 2.09. The van der Waals surface area contributed by atoms with Crippen LogP contribution in [-0.2, 0) is 0 Å². The van der Waals surface area contributed by atoms with Crippen molar-refractivity contribution in [3.63, 3.8) is 0 Å². The first-order valence-electron chi connectivity index (χ1n) is 4.44. The summed E-state index contributed by atoms with van der Waals surface area (Å²) in [7, 11) is 0.